The molecule has 0 bridgehead atoms. The molecule has 0 saturated heterocycles. The molecule has 2 aromatic heterocycles. The first-order chi connectivity index (χ1) is 6.81. The minimum absolute atomic E-state index is 0.504. The van der Waals surface area contributed by atoms with Crippen LogP contribution in [-0.4, -0.2) is 16.2 Å². The number of aromatic nitrogens is 2. The third kappa shape index (κ3) is 1.63. The summed E-state index contributed by atoms with van der Waals surface area (Å²) in [6.45, 7) is 2.87. The lowest BCUT2D eigenvalue weighted by molar-refractivity contribution is 0.574. The van der Waals surface area contributed by atoms with Gasteiger partial charge in [0.25, 0.3) is 0 Å². The highest BCUT2D eigenvalue weighted by Crippen LogP contribution is 2.10. The van der Waals surface area contributed by atoms with Gasteiger partial charge in [-0.2, -0.15) is 5.10 Å². The lowest BCUT2D eigenvalue weighted by Crippen LogP contribution is -2.15. The molecule has 0 spiro atoms. The van der Waals surface area contributed by atoms with Gasteiger partial charge in [-0.1, -0.05) is 13.0 Å². The molecule has 0 aromatic carbocycles. The molecule has 0 fully saturated rings. The van der Waals surface area contributed by atoms with E-state index in [1.165, 1.54) is 5.69 Å². The highest BCUT2D eigenvalue weighted by Gasteiger charge is 2.05. The first-order valence-electron chi connectivity index (χ1n) is 4.93. The molecule has 74 valence electrons. The van der Waals surface area contributed by atoms with Gasteiger partial charge in [-0.3, -0.25) is 0 Å². The standard InChI is InChI=1S/C11H15N3/c1-9(8-12)7-11-4-2-3-10-5-6-13-14(10)11/h2-6,9H,7-8,12H2,1H3. The summed E-state index contributed by atoms with van der Waals surface area (Å²) in [5.74, 6) is 0.504. The van der Waals surface area contributed by atoms with E-state index in [0.717, 1.165) is 18.5 Å². The molecule has 3 heteroatoms. The fourth-order valence-corrected chi connectivity index (χ4v) is 1.60. The summed E-state index contributed by atoms with van der Waals surface area (Å²) < 4.78 is 1.98. The third-order valence-corrected chi connectivity index (χ3v) is 2.46. The van der Waals surface area contributed by atoms with E-state index in [1.54, 1.807) is 0 Å². The van der Waals surface area contributed by atoms with Crippen molar-refractivity contribution < 1.29 is 0 Å². The number of pyridine rings is 1. The van der Waals surface area contributed by atoms with Gasteiger partial charge in [-0.15, -0.1) is 0 Å². The topological polar surface area (TPSA) is 43.3 Å². The van der Waals surface area contributed by atoms with Crippen LogP contribution in [-0.2, 0) is 6.42 Å². The maximum atomic E-state index is 5.61. The second-order valence-electron chi connectivity index (χ2n) is 3.73. The Morgan fingerprint density at radius 3 is 3.07 bits per heavy atom. The van der Waals surface area contributed by atoms with E-state index >= 15 is 0 Å². The Bertz CT molecular complexity index is 419. The minimum atomic E-state index is 0.504. The number of hydrogen-bond donors (Lipinski definition) is 1. The van der Waals surface area contributed by atoms with Crippen LogP contribution in [0.2, 0.25) is 0 Å². The monoisotopic (exact) mass is 189 g/mol. The zero-order valence-electron chi connectivity index (χ0n) is 8.35. The summed E-state index contributed by atoms with van der Waals surface area (Å²) >= 11 is 0. The van der Waals surface area contributed by atoms with Gasteiger partial charge >= 0.3 is 0 Å². The van der Waals surface area contributed by atoms with Gasteiger partial charge < -0.3 is 5.73 Å². The maximum Gasteiger partial charge on any atom is 0.0664 e. The van der Waals surface area contributed by atoms with E-state index in [-0.39, 0.29) is 0 Å². The molecule has 0 amide bonds. The van der Waals surface area contributed by atoms with Crippen molar-refractivity contribution in [1.29, 1.82) is 0 Å². The van der Waals surface area contributed by atoms with Crippen LogP contribution in [0.15, 0.2) is 30.5 Å². The van der Waals surface area contributed by atoms with Crippen LogP contribution >= 0.6 is 0 Å². The number of nitrogens with zero attached hydrogens (tertiary/aromatic N) is 2. The molecule has 1 unspecified atom stereocenters. The maximum absolute atomic E-state index is 5.61. The van der Waals surface area contributed by atoms with Crippen LogP contribution in [0.1, 0.15) is 12.6 Å². The second-order valence-corrected chi connectivity index (χ2v) is 3.73. The second kappa shape index (κ2) is 3.80. The van der Waals surface area contributed by atoms with Gasteiger partial charge in [-0.25, -0.2) is 4.52 Å². The van der Waals surface area contributed by atoms with Crippen molar-refractivity contribution in [1.82, 2.24) is 9.61 Å². The van der Waals surface area contributed by atoms with E-state index in [9.17, 15) is 0 Å². The normalized spacial score (nSPS) is 13.3. The van der Waals surface area contributed by atoms with Crippen molar-refractivity contribution in [3.8, 4) is 0 Å². The van der Waals surface area contributed by atoms with Gasteiger partial charge in [0.1, 0.15) is 0 Å². The first kappa shape index (κ1) is 9.21. The van der Waals surface area contributed by atoms with Crippen molar-refractivity contribution in [2.45, 2.75) is 13.3 Å². The molecule has 0 radical (unpaired) electrons. The summed E-state index contributed by atoms with van der Waals surface area (Å²) in [6.07, 6.45) is 2.81. The molecular weight excluding hydrogens is 174 g/mol. The molecule has 1 atom stereocenters. The summed E-state index contributed by atoms with van der Waals surface area (Å²) in [6, 6.07) is 8.24. The average molecular weight is 189 g/mol. The summed E-state index contributed by atoms with van der Waals surface area (Å²) in [4.78, 5) is 0. The Labute approximate surface area is 83.5 Å². The minimum Gasteiger partial charge on any atom is -0.330 e. The van der Waals surface area contributed by atoms with Gasteiger partial charge in [0, 0.05) is 11.9 Å². The molecule has 0 aliphatic carbocycles. The largest absolute Gasteiger partial charge is 0.330 e. The number of nitrogens with two attached hydrogens (primary N) is 1. The number of hydrogen-bond acceptors (Lipinski definition) is 2. The van der Waals surface area contributed by atoms with Gasteiger partial charge in [0.15, 0.2) is 0 Å². The highest BCUT2D eigenvalue weighted by atomic mass is 15.2. The van der Waals surface area contributed by atoms with E-state index < -0.39 is 0 Å². The molecular formula is C11H15N3. The third-order valence-electron chi connectivity index (χ3n) is 2.46. The SMILES string of the molecule is CC(CN)Cc1cccc2ccnn12. The number of rotatable bonds is 3. The molecule has 0 aliphatic rings. The Balaban J connectivity index is 2.36. The van der Waals surface area contributed by atoms with Crippen molar-refractivity contribution in [2.75, 3.05) is 6.54 Å². The van der Waals surface area contributed by atoms with Crippen LogP contribution in [0.25, 0.3) is 5.52 Å². The molecule has 2 heterocycles. The lowest BCUT2D eigenvalue weighted by Gasteiger charge is -2.09. The Morgan fingerprint density at radius 1 is 1.43 bits per heavy atom. The first-order valence-corrected chi connectivity index (χ1v) is 4.93. The molecule has 2 rings (SSSR count). The zero-order valence-corrected chi connectivity index (χ0v) is 8.35. The van der Waals surface area contributed by atoms with E-state index in [2.05, 4.69) is 30.2 Å². The van der Waals surface area contributed by atoms with E-state index in [0.29, 0.717) is 5.92 Å². The molecule has 2 N–H and O–H groups in total. The summed E-state index contributed by atoms with van der Waals surface area (Å²) in [5.41, 5.74) is 7.98. The highest BCUT2D eigenvalue weighted by molar-refractivity contribution is 5.46. The van der Waals surface area contributed by atoms with Crippen molar-refractivity contribution in [3.63, 3.8) is 0 Å². The van der Waals surface area contributed by atoms with Crippen LogP contribution in [0.3, 0.4) is 0 Å². The van der Waals surface area contributed by atoms with E-state index in [4.69, 9.17) is 5.73 Å². The quantitative estimate of drug-likeness (QED) is 0.794. The Hall–Kier alpha value is -1.35. The molecule has 3 nitrogen and oxygen atoms in total. The predicted molar refractivity (Wildman–Crippen MR) is 57.1 cm³/mol. The van der Waals surface area contributed by atoms with Crippen LogP contribution in [0.4, 0.5) is 0 Å². The molecule has 14 heavy (non-hydrogen) atoms. The lowest BCUT2D eigenvalue weighted by atomic mass is 10.1. The summed E-state index contributed by atoms with van der Waals surface area (Å²) in [5, 5.41) is 4.28. The van der Waals surface area contributed by atoms with E-state index in [1.807, 2.05) is 16.8 Å². The van der Waals surface area contributed by atoms with Crippen molar-refractivity contribution >= 4 is 5.52 Å². The van der Waals surface area contributed by atoms with Crippen molar-refractivity contribution in [2.24, 2.45) is 11.7 Å². The van der Waals surface area contributed by atoms with Crippen LogP contribution in [0, 0.1) is 5.92 Å². The fourth-order valence-electron chi connectivity index (χ4n) is 1.60. The van der Waals surface area contributed by atoms with Gasteiger partial charge in [0.05, 0.1) is 5.52 Å². The van der Waals surface area contributed by atoms with Crippen LogP contribution in [0.5, 0.6) is 0 Å². The van der Waals surface area contributed by atoms with Crippen LogP contribution < -0.4 is 5.73 Å². The zero-order chi connectivity index (χ0) is 9.97. The van der Waals surface area contributed by atoms with Gasteiger partial charge in [0.2, 0.25) is 0 Å². The molecule has 0 aliphatic heterocycles. The Morgan fingerprint density at radius 2 is 2.29 bits per heavy atom. The average Bonchev–Trinajstić information content (AvgIpc) is 2.66. The Kier molecular flexibility index (Phi) is 2.50. The predicted octanol–water partition coefficient (Wildman–Crippen LogP) is 1.47. The van der Waals surface area contributed by atoms with Gasteiger partial charge in [-0.05, 0) is 37.1 Å². The van der Waals surface area contributed by atoms with Crippen molar-refractivity contribution in [3.05, 3.63) is 36.2 Å². The molecule has 2 aromatic rings. The molecule has 0 saturated carbocycles. The smallest absolute Gasteiger partial charge is 0.0664 e. The summed E-state index contributed by atoms with van der Waals surface area (Å²) in [7, 11) is 0. The fraction of sp³-hybridized carbons (Fsp3) is 0.364. The number of fused-ring (bicyclic) bond motifs is 1.